The lowest BCUT2D eigenvalue weighted by Crippen LogP contribution is -2.40. The normalized spacial score (nSPS) is 22.2. The van der Waals surface area contributed by atoms with Gasteiger partial charge in [0, 0.05) is 24.2 Å². The van der Waals surface area contributed by atoms with Crippen molar-refractivity contribution in [2.75, 3.05) is 26.3 Å². The molecular formula is C15H19NO. The number of rotatable bonds is 1. The maximum atomic E-state index is 5.44. The highest BCUT2D eigenvalue weighted by atomic mass is 16.5. The molecule has 0 spiro atoms. The molecule has 0 aromatic heterocycles. The molecule has 1 aliphatic heterocycles. The Morgan fingerprint density at radius 2 is 1.82 bits per heavy atom. The summed E-state index contributed by atoms with van der Waals surface area (Å²) in [6.07, 6.45) is 2.35. The molecule has 2 heteroatoms. The molecule has 0 saturated carbocycles. The minimum Gasteiger partial charge on any atom is -0.378 e. The third kappa shape index (κ3) is 1.67. The highest BCUT2D eigenvalue weighted by molar-refractivity contribution is 5.68. The van der Waals surface area contributed by atoms with E-state index < -0.39 is 0 Å². The van der Waals surface area contributed by atoms with E-state index in [-0.39, 0.29) is 5.41 Å². The molecular weight excluding hydrogens is 210 g/mol. The smallest absolute Gasteiger partial charge is 0.0642 e. The Bertz CT molecular complexity index is 456. The fraction of sp³-hybridized carbons (Fsp3) is 0.467. The molecule has 1 aromatic carbocycles. The van der Waals surface area contributed by atoms with Crippen LogP contribution in [0.25, 0.3) is 6.08 Å². The summed E-state index contributed by atoms with van der Waals surface area (Å²) in [5.74, 6) is 0. The van der Waals surface area contributed by atoms with Gasteiger partial charge in [0.1, 0.15) is 0 Å². The summed E-state index contributed by atoms with van der Waals surface area (Å²) in [5, 5.41) is 0. The van der Waals surface area contributed by atoms with Gasteiger partial charge < -0.3 is 9.64 Å². The Labute approximate surface area is 103 Å². The zero-order valence-electron chi connectivity index (χ0n) is 10.6. The van der Waals surface area contributed by atoms with E-state index in [4.69, 9.17) is 4.74 Å². The number of fused-ring (bicyclic) bond motifs is 1. The van der Waals surface area contributed by atoms with Crippen LogP contribution in [0.1, 0.15) is 25.0 Å². The number of nitrogens with zero attached hydrogens (tertiary/aromatic N) is 1. The van der Waals surface area contributed by atoms with E-state index in [1.54, 1.807) is 0 Å². The molecule has 0 N–H and O–H groups in total. The monoisotopic (exact) mass is 229 g/mol. The highest BCUT2D eigenvalue weighted by Crippen LogP contribution is 2.42. The summed E-state index contributed by atoms with van der Waals surface area (Å²) in [4.78, 5) is 2.48. The van der Waals surface area contributed by atoms with Crippen molar-refractivity contribution in [2.45, 2.75) is 19.3 Å². The van der Waals surface area contributed by atoms with Gasteiger partial charge in [-0.15, -0.1) is 0 Å². The molecule has 1 aliphatic carbocycles. The van der Waals surface area contributed by atoms with Gasteiger partial charge in [-0.3, -0.25) is 0 Å². The first-order chi connectivity index (χ1) is 8.19. The number of morpholine rings is 1. The van der Waals surface area contributed by atoms with Crippen LogP contribution >= 0.6 is 0 Å². The first-order valence-electron chi connectivity index (χ1n) is 6.34. The molecule has 17 heavy (non-hydrogen) atoms. The van der Waals surface area contributed by atoms with Crippen LogP contribution in [0.5, 0.6) is 0 Å². The summed E-state index contributed by atoms with van der Waals surface area (Å²) in [5.41, 5.74) is 4.40. The molecule has 0 bridgehead atoms. The maximum absolute atomic E-state index is 5.44. The van der Waals surface area contributed by atoms with Crippen LogP contribution < -0.4 is 0 Å². The summed E-state index contributed by atoms with van der Waals surface area (Å²) >= 11 is 0. The summed E-state index contributed by atoms with van der Waals surface area (Å²) < 4.78 is 5.44. The van der Waals surface area contributed by atoms with E-state index >= 15 is 0 Å². The lowest BCUT2D eigenvalue weighted by Gasteiger charge is -2.37. The van der Waals surface area contributed by atoms with Crippen LogP contribution in [-0.4, -0.2) is 31.2 Å². The number of hydrogen-bond donors (Lipinski definition) is 0. The van der Waals surface area contributed by atoms with E-state index in [1.165, 1.54) is 16.8 Å². The fourth-order valence-corrected chi connectivity index (χ4v) is 2.95. The van der Waals surface area contributed by atoms with E-state index in [1.807, 2.05) is 0 Å². The van der Waals surface area contributed by atoms with Crippen molar-refractivity contribution >= 4 is 6.08 Å². The van der Waals surface area contributed by atoms with Crippen molar-refractivity contribution in [2.24, 2.45) is 0 Å². The van der Waals surface area contributed by atoms with Crippen LogP contribution in [0.2, 0.25) is 0 Å². The molecule has 1 fully saturated rings. The quantitative estimate of drug-likeness (QED) is 0.734. The van der Waals surface area contributed by atoms with Crippen molar-refractivity contribution in [3.8, 4) is 0 Å². The standard InChI is InChI=1S/C15H19NO/c1-15(2)13-6-4-3-5-12(13)11-14(15)16-7-9-17-10-8-16/h3-6,11H,7-10H2,1-2H3. The van der Waals surface area contributed by atoms with Gasteiger partial charge in [0.05, 0.1) is 13.2 Å². The zero-order chi connectivity index (χ0) is 11.9. The molecule has 1 saturated heterocycles. The Kier molecular flexibility index (Phi) is 2.48. The predicted molar refractivity (Wildman–Crippen MR) is 69.8 cm³/mol. The van der Waals surface area contributed by atoms with Crippen molar-refractivity contribution < 1.29 is 4.74 Å². The third-order valence-corrected chi connectivity index (χ3v) is 3.92. The Morgan fingerprint density at radius 1 is 1.12 bits per heavy atom. The zero-order valence-corrected chi connectivity index (χ0v) is 10.6. The van der Waals surface area contributed by atoms with Crippen LogP contribution in [0.3, 0.4) is 0 Å². The van der Waals surface area contributed by atoms with E-state index in [0.29, 0.717) is 0 Å². The maximum Gasteiger partial charge on any atom is 0.0642 e. The first-order valence-corrected chi connectivity index (χ1v) is 6.34. The SMILES string of the molecule is CC1(C)C(N2CCOCC2)=Cc2ccccc21. The molecule has 90 valence electrons. The summed E-state index contributed by atoms with van der Waals surface area (Å²) in [6, 6.07) is 8.72. The number of hydrogen-bond acceptors (Lipinski definition) is 2. The minimum atomic E-state index is 0.133. The van der Waals surface area contributed by atoms with Gasteiger partial charge >= 0.3 is 0 Å². The fourth-order valence-electron chi connectivity index (χ4n) is 2.95. The average Bonchev–Trinajstić information content (AvgIpc) is 2.63. The predicted octanol–water partition coefficient (Wildman–Crippen LogP) is 2.65. The lowest BCUT2D eigenvalue weighted by atomic mass is 9.84. The summed E-state index contributed by atoms with van der Waals surface area (Å²) in [7, 11) is 0. The third-order valence-electron chi connectivity index (χ3n) is 3.92. The van der Waals surface area contributed by atoms with Crippen molar-refractivity contribution in [1.82, 2.24) is 4.90 Å². The molecule has 0 radical (unpaired) electrons. The molecule has 0 atom stereocenters. The van der Waals surface area contributed by atoms with E-state index in [0.717, 1.165) is 26.3 Å². The Morgan fingerprint density at radius 3 is 2.53 bits per heavy atom. The van der Waals surface area contributed by atoms with Crippen LogP contribution in [0.15, 0.2) is 30.0 Å². The minimum absolute atomic E-state index is 0.133. The second kappa shape index (κ2) is 3.88. The van der Waals surface area contributed by atoms with Gasteiger partial charge in [0.15, 0.2) is 0 Å². The van der Waals surface area contributed by atoms with Gasteiger partial charge in [0.25, 0.3) is 0 Å². The van der Waals surface area contributed by atoms with Crippen LogP contribution in [0.4, 0.5) is 0 Å². The second-order valence-electron chi connectivity index (χ2n) is 5.34. The van der Waals surface area contributed by atoms with E-state index in [9.17, 15) is 0 Å². The van der Waals surface area contributed by atoms with Crippen LogP contribution in [0, 0.1) is 0 Å². The molecule has 0 unspecified atom stereocenters. The number of allylic oxidation sites excluding steroid dienone is 1. The molecule has 1 heterocycles. The molecule has 0 amide bonds. The van der Waals surface area contributed by atoms with Crippen molar-refractivity contribution in [3.05, 3.63) is 41.1 Å². The Hall–Kier alpha value is -1.28. The van der Waals surface area contributed by atoms with Gasteiger partial charge in [-0.2, -0.15) is 0 Å². The molecule has 2 aliphatic rings. The van der Waals surface area contributed by atoms with Crippen molar-refractivity contribution in [3.63, 3.8) is 0 Å². The highest BCUT2D eigenvalue weighted by Gasteiger charge is 2.35. The van der Waals surface area contributed by atoms with E-state index in [2.05, 4.69) is 49.1 Å². The largest absolute Gasteiger partial charge is 0.378 e. The van der Waals surface area contributed by atoms with Crippen LogP contribution in [-0.2, 0) is 10.2 Å². The molecule has 2 nitrogen and oxygen atoms in total. The second-order valence-corrected chi connectivity index (χ2v) is 5.34. The van der Waals surface area contributed by atoms with Gasteiger partial charge in [0.2, 0.25) is 0 Å². The molecule has 1 aromatic rings. The number of ether oxygens (including phenoxy) is 1. The molecule has 3 rings (SSSR count). The topological polar surface area (TPSA) is 12.5 Å². The number of benzene rings is 1. The first kappa shape index (κ1) is 10.8. The van der Waals surface area contributed by atoms with Crippen molar-refractivity contribution in [1.29, 1.82) is 0 Å². The average molecular weight is 229 g/mol. The summed E-state index contributed by atoms with van der Waals surface area (Å²) in [6.45, 7) is 8.38. The van der Waals surface area contributed by atoms with Gasteiger partial charge in [-0.1, -0.05) is 38.1 Å². The van der Waals surface area contributed by atoms with Gasteiger partial charge in [-0.25, -0.2) is 0 Å². The lowest BCUT2D eigenvalue weighted by molar-refractivity contribution is 0.0489. The van der Waals surface area contributed by atoms with Gasteiger partial charge in [-0.05, 0) is 17.2 Å². The Balaban J connectivity index is 1.97.